The Hall–Kier alpha value is -0.420. The van der Waals surface area contributed by atoms with E-state index in [-0.39, 0.29) is 0 Å². The molecule has 0 aliphatic rings. The summed E-state index contributed by atoms with van der Waals surface area (Å²) >= 11 is 1.85. The molecule has 0 bridgehead atoms. The molecule has 4 nitrogen and oxygen atoms in total. The zero-order valence-electron chi connectivity index (χ0n) is 12.5. The topological polar surface area (TPSA) is 45.7 Å². The van der Waals surface area contributed by atoms with E-state index in [1.807, 2.05) is 11.8 Å². The van der Waals surface area contributed by atoms with Crippen LogP contribution in [0.1, 0.15) is 27.2 Å². The molecule has 0 amide bonds. The molecule has 0 aliphatic carbocycles. The van der Waals surface area contributed by atoms with Gasteiger partial charge in [-0.3, -0.25) is 4.99 Å². The molecule has 108 valence electrons. The Morgan fingerprint density at radius 3 is 2.56 bits per heavy atom. The van der Waals surface area contributed by atoms with E-state index in [9.17, 15) is 0 Å². The lowest BCUT2D eigenvalue weighted by molar-refractivity contribution is 0.108. The third-order valence-corrected chi connectivity index (χ3v) is 3.36. The number of nitrogens with one attached hydrogen (secondary N) is 2. The molecule has 0 radical (unpaired) electrons. The number of thioether (sulfide) groups is 1. The second-order valence-electron chi connectivity index (χ2n) is 4.75. The molecule has 0 aromatic carbocycles. The zero-order chi connectivity index (χ0) is 13.8. The number of ether oxygens (including phenoxy) is 1. The normalized spacial score (nSPS) is 13.8. The molecule has 0 spiro atoms. The summed E-state index contributed by atoms with van der Waals surface area (Å²) in [4.78, 5) is 4.18. The average molecular weight is 275 g/mol. The highest BCUT2D eigenvalue weighted by atomic mass is 32.2. The van der Waals surface area contributed by atoms with Gasteiger partial charge in [0, 0.05) is 38.6 Å². The number of aliphatic imine (C=N–C) groups is 1. The molecule has 1 atom stereocenters. The van der Waals surface area contributed by atoms with Gasteiger partial charge < -0.3 is 15.4 Å². The van der Waals surface area contributed by atoms with Crippen LogP contribution in [-0.4, -0.2) is 50.8 Å². The average Bonchev–Trinajstić information content (AvgIpc) is 2.36. The van der Waals surface area contributed by atoms with Gasteiger partial charge >= 0.3 is 0 Å². The molecule has 2 N–H and O–H groups in total. The van der Waals surface area contributed by atoms with Crippen LogP contribution >= 0.6 is 11.8 Å². The van der Waals surface area contributed by atoms with Crippen LogP contribution in [0, 0.1) is 5.92 Å². The summed E-state index contributed by atoms with van der Waals surface area (Å²) in [6.45, 7) is 10.0. The highest BCUT2D eigenvalue weighted by Gasteiger charge is 2.01. The fourth-order valence-corrected chi connectivity index (χ4v) is 1.49. The molecule has 0 saturated heterocycles. The first kappa shape index (κ1) is 17.6. The quantitative estimate of drug-likeness (QED) is 0.384. The van der Waals surface area contributed by atoms with E-state index >= 15 is 0 Å². The van der Waals surface area contributed by atoms with Gasteiger partial charge in [0.05, 0.1) is 0 Å². The Kier molecular flexibility index (Phi) is 11.4. The molecule has 0 aromatic heterocycles. The Labute approximate surface area is 116 Å². The molecule has 1 unspecified atom stereocenters. The standard InChI is InChI=1S/C13H29N3OS/c1-11(2)10-17-8-6-7-15-13(14-4)16-9-12(3)18-5/h11-12H,6-10H2,1-5H3,(H2,14,15,16). The molecule has 0 aromatic rings. The zero-order valence-corrected chi connectivity index (χ0v) is 13.3. The van der Waals surface area contributed by atoms with Crippen LogP contribution in [-0.2, 0) is 4.74 Å². The van der Waals surface area contributed by atoms with Crippen molar-refractivity contribution in [2.75, 3.05) is 39.6 Å². The van der Waals surface area contributed by atoms with E-state index in [0.717, 1.165) is 38.7 Å². The Morgan fingerprint density at radius 1 is 1.28 bits per heavy atom. The third-order valence-electron chi connectivity index (χ3n) is 2.39. The first-order valence-electron chi connectivity index (χ1n) is 6.65. The first-order valence-corrected chi connectivity index (χ1v) is 7.94. The summed E-state index contributed by atoms with van der Waals surface area (Å²) in [5.41, 5.74) is 0. The van der Waals surface area contributed by atoms with Gasteiger partial charge in [0.2, 0.25) is 0 Å². The first-order chi connectivity index (χ1) is 8.60. The van der Waals surface area contributed by atoms with Crippen molar-refractivity contribution in [1.82, 2.24) is 10.6 Å². The van der Waals surface area contributed by atoms with Gasteiger partial charge in [-0.05, 0) is 18.6 Å². The minimum absolute atomic E-state index is 0.595. The highest BCUT2D eigenvalue weighted by Crippen LogP contribution is 2.02. The maximum Gasteiger partial charge on any atom is 0.191 e. The summed E-state index contributed by atoms with van der Waals surface area (Å²) in [6, 6.07) is 0. The van der Waals surface area contributed by atoms with E-state index in [2.05, 4.69) is 42.7 Å². The van der Waals surface area contributed by atoms with Crippen LogP contribution in [0.5, 0.6) is 0 Å². The number of guanidine groups is 1. The van der Waals surface area contributed by atoms with E-state index in [1.54, 1.807) is 7.05 Å². The van der Waals surface area contributed by atoms with Crippen molar-refractivity contribution in [3.8, 4) is 0 Å². The van der Waals surface area contributed by atoms with Gasteiger partial charge in [-0.25, -0.2) is 0 Å². The summed E-state index contributed by atoms with van der Waals surface area (Å²) in [5.74, 6) is 1.49. The molecule has 0 heterocycles. The monoisotopic (exact) mass is 275 g/mol. The smallest absolute Gasteiger partial charge is 0.191 e. The second kappa shape index (κ2) is 11.7. The van der Waals surface area contributed by atoms with Crippen molar-refractivity contribution < 1.29 is 4.74 Å². The fourth-order valence-electron chi connectivity index (χ4n) is 1.24. The Morgan fingerprint density at radius 2 is 2.00 bits per heavy atom. The lowest BCUT2D eigenvalue weighted by Gasteiger charge is -2.14. The second-order valence-corrected chi connectivity index (χ2v) is 6.02. The predicted molar refractivity (Wildman–Crippen MR) is 82.6 cm³/mol. The van der Waals surface area contributed by atoms with Gasteiger partial charge in [-0.1, -0.05) is 20.8 Å². The van der Waals surface area contributed by atoms with Crippen LogP contribution in [0.3, 0.4) is 0 Å². The summed E-state index contributed by atoms with van der Waals surface area (Å²) in [6.07, 6.45) is 3.13. The molecule has 0 aliphatic heterocycles. The number of hydrogen-bond acceptors (Lipinski definition) is 3. The van der Waals surface area contributed by atoms with Crippen LogP contribution < -0.4 is 10.6 Å². The maximum absolute atomic E-state index is 5.52. The van der Waals surface area contributed by atoms with Gasteiger partial charge in [0.15, 0.2) is 5.96 Å². The number of hydrogen-bond donors (Lipinski definition) is 2. The molecule has 0 rings (SSSR count). The molecular weight excluding hydrogens is 246 g/mol. The van der Waals surface area contributed by atoms with Gasteiger partial charge in [0.25, 0.3) is 0 Å². The molecule has 0 saturated carbocycles. The van der Waals surface area contributed by atoms with Crippen molar-refractivity contribution >= 4 is 17.7 Å². The molecule has 5 heteroatoms. The predicted octanol–water partition coefficient (Wildman–Crippen LogP) is 1.97. The van der Waals surface area contributed by atoms with Crippen LogP contribution in [0.4, 0.5) is 0 Å². The van der Waals surface area contributed by atoms with Crippen LogP contribution in [0.25, 0.3) is 0 Å². The van der Waals surface area contributed by atoms with E-state index in [0.29, 0.717) is 11.2 Å². The third kappa shape index (κ3) is 10.7. The minimum Gasteiger partial charge on any atom is -0.381 e. The van der Waals surface area contributed by atoms with Gasteiger partial charge in [-0.2, -0.15) is 11.8 Å². The van der Waals surface area contributed by atoms with Crippen LogP contribution in [0.15, 0.2) is 4.99 Å². The van der Waals surface area contributed by atoms with Crippen molar-refractivity contribution in [2.24, 2.45) is 10.9 Å². The Balaban J connectivity index is 3.51. The van der Waals surface area contributed by atoms with Crippen molar-refractivity contribution in [1.29, 1.82) is 0 Å². The fraction of sp³-hybridized carbons (Fsp3) is 0.923. The summed E-state index contributed by atoms with van der Waals surface area (Å²) in [5, 5.41) is 7.19. The highest BCUT2D eigenvalue weighted by molar-refractivity contribution is 7.99. The maximum atomic E-state index is 5.52. The van der Waals surface area contributed by atoms with Crippen molar-refractivity contribution in [3.63, 3.8) is 0 Å². The van der Waals surface area contributed by atoms with Gasteiger partial charge in [-0.15, -0.1) is 0 Å². The number of nitrogens with zero attached hydrogens (tertiary/aromatic N) is 1. The van der Waals surface area contributed by atoms with Crippen molar-refractivity contribution in [3.05, 3.63) is 0 Å². The SMILES string of the molecule is CN=C(NCCCOCC(C)C)NCC(C)SC. The van der Waals surface area contributed by atoms with E-state index in [4.69, 9.17) is 4.74 Å². The lowest BCUT2D eigenvalue weighted by Crippen LogP contribution is -2.40. The molecular formula is C13H29N3OS. The lowest BCUT2D eigenvalue weighted by atomic mass is 10.2. The van der Waals surface area contributed by atoms with Crippen LogP contribution in [0.2, 0.25) is 0 Å². The Bertz CT molecular complexity index is 222. The summed E-state index contributed by atoms with van der Waals surface area (Å²) in [7, 11) is 1.80. The molecule has 0 fully saturated rings. The van der Waals surface area contributed by atoms with Crippen molar-refractivity contribution in [2.45, 2.75) is 32.4 Å². The van der Waals surface area contributed by atoms with E-state index < -0.39 is 0 Å². The minimum atomic E-state index is 0.595. The summed E-state index contributed by atoms with van der Waals surface area (Å²) < 4.78 is 5.52. The number of rotatable bonds is 9. The van der Waals surface area contributed by atoms with Gasteiger partial charge in [0.1, 0.15) is 0 Å². The largest absolute Gasteiger partial charge is 0.381 e. The molecule has 18 heavy (non-hydrogen) atoms. The van der Waals surface area contributed by atoms with E-state index in [1.165, 1.54) is 0 Å².